The van der Waals surface area contributed by atoms with E-state index in [1.165, 1.54) is 0 Å². The Morgan fingerprint density at radius 1 is 1.43 bits per heavy atom. The zero-order chi connectivity index (χ0) is 16.6. The number of nitrogens with zero attached hydrogens (tertiary/aromatic N) is 3. The third-order valence-electron chi connectivity index (χ3n) is 3.91. The second-order valence-corrected chi connectivity index (χ2v) is 6.78. The fraction of sp³-hybridized carbons (Fsp3) is 0.294. The molecular formula is C17H20N4OS. The summed E-state index contributed by atoms with van der Waals surface area (Å²) in [6, 6.07) is 6.08. The van der Waals surface area contributed by atoms with E-state index in [-0.39, 0.29) is 5.91 Å². The van der Waals surface area contributed by atoms with E-state index in [0.717, 1.165) is 28.5 Å². The summed E-state index contributed by atoms with van der Waals surface area (Å²) in [5, 5.41) is 2.03. The van der Waals surface area contributed by atoms with Gasteiger partial charge < -0.3 is 10.6 Å². The Labute approximate surface area is 139 Å². The normalized spacial score (nSPS) is 11.3. The van der Waals surface area contributed by atoms with Gasteiger partial charge in [-0.15, -0.1) is 11.3 Å². The number of primary amides is 1. The molecule has 0 fully saturated rings. The summed E-state index contributed by atoms with van der Waals surface area (Å²) >= 11 is 1.63. The van der Waals surface area contributed by atoms with Crippen LogP contribution in [0.1, 0.15) is 35.5 Å². The van der Waals surface area contributed by atoms with Crippen LogP contribution in [0.25, 0.3) is 4.96 Å². The highest BCUT2D eigenvalue weighted by molar-refractivity contribution is 7.15. The first-order valence-corrected chi connectivity index (χ1v) is 8.42. The van der Waals surface area contributed by atoms with E-state index in [0.29, 0.717) is 11.6 Å². The third-order valence-corrected chi connectivity index (χ3v) is 4.68. The minimum Gasteiger partial charge on any atom is -0.366 e. The zero-order valence-corrected chi connectivity index (χ0v) is 14.3. The van der Waals surface area contributed by atoms with Crippen LogP contribution in [0.2, 0.25) is 0 Å². The number of hydrogen-bond acceptors (Lipinski definition) is 4. The Bertz CT molecular complexity index is 821. The molecule has 0 spiro atoms. The van der Waals surface area contributed by atoms with Crippen molar-refractivity contribution in [2.24, 2.45) is 5.73 Å². The molecule has 0 saturated heterocycles. The fourth-order valence-corrected chi connectivity index (χ4v) is 3.42. The molecule has 6 heteroatoms. The SMILES string of the molecule is Cc1cc(N(Cc2cn3ccsc3n2)C(C)C)ccc1C(N)=O. The van der Waals surface area contributed by atoms with Gasteiger partial charge in [-0.25, -0.2) is 4.98 Å². The van der Waals surface area contributed by atoms with Crippen molar-refractivity contribution in [2.75, 3.05) is 4.90 Å². The molecule has 1 aromatic carbocycles. The van der Waals surface area contributed by atoms with Crippen molar-refractivity contribution in [3.05, 3.63) is 52.8 Å². The Hall–Kier alpha value is -2.34. The number of anilines is 1. The molecule has 3 aromatic rings. The van der Waals surface area contributed by atoms with Crippen LogP contribution >= 0.6 is 11.3 Å². The first kappa shape index (κ1) is 15.6. The lowest BCUT2D eigenvalue weighted by Crippen LogP contribution is -2.30. The number of nitrogens with two attached hydrogens (primary N) is 1. The predicted molar refractivity (Wildman–Crippen MR) is 94.1 cm³/mol. The van der Waals surface area contributed by atoms with Gasteiger partial charge in [0.2, 0.25) is 5.91 Å². The molecule has 0 unspecified atom stereocenters. The molecule has 120 valence electrons. The third kappa shape index (κ3) is 3.07. The van der Waals surface area contributed by atoms with Crippen LogP contribution < -0.4 is 10.6 Å². The Morgan fingerprint density at radius 3 is 2.83 bits per heavy atom. The molecule has 2 N–H and O–H groups in total. The van der Waals surface area contributed by atoms with Gasteiger partial charge in [0.15, 0.2) is 4.96 Å². The minimum atomic E-state index is -0.389. The van der Waals surface area contributed by atoms with Crippen molar-refractivity contribution < 1.29 is 4.79 Å². The average molecular weight is 328 g/mol. The number of hydrogen-bond donors (Lipinski definition) is 1. The number of rotatable bonds is 5. The Morgan fingerprint density at radius 2 is 2.22 bits per heavy atom. The average Bonchev–Trinajstić information content (AvgIpc) is 3.04. The molecule has 2 heterocycles. The lowest BCUT2D eigenvalue weighted by atomic mass is 10.1. The summed E-state index contributed by atoms with van der Waals surface area (Å²) in [7, 11) is 0. The fourth-order valence-electron chi connectivity index (χ4n) is 2.70. The van der Waals surface area contributed by atoms with Crippen molar-refractivity contribution in [1.82, 2.24) is 9.38 Å². The van der Waals surface area contributed by atoms with Crippen molar-refractivity contribution in [2.45, 2.75) is 33.4 Å². The summed E-state index contributed by atoms with van der Waals surface area (Å²) in [6.45, 7) is 6.93. The van der Waals surface area contributed by atoms with Gasteiger partial charge in [-0.3, -0.25) is 9.20 Å². The summed E-state index contributed by atoms with van der Waals surface area (Å²) in [5.41, 5.74) is 8.95. The van der Waals surface area contributed by atoms with Gasteiger partial charge in [0, 0.05) is 35.1 Å². The molecule has 0 bridgehead atoms. The second-order valence-electron chi connectivity index (χ2n) is 5.91. The minimum absolute atomic E-state index is 0.313. The number of carbonyl (C=O) groups is 1. The number of carbonyl (C=O) groups excluding carboxylic acids is 1. The maximum absolute atomic E-state index is 11.4. The number of imidazole rings is 1. The lowest BCUT2D eigenvalue weighted by Gasteiger charge is -2.29. The number of aryl methyl sites for hydroxylation is 1. The molecule has 0 aliphatic carbocycles. The van der Waals surface area contributed by atoms with Gasteiger partial charge in [-0.2, -0.15) is 0 Å². The molecular weight excluding hydrogens is 308 g/mol. The number of thiazole rings is 1. The van der Waals surface area contributed by atoms with E-state index in [9.17, 15) is 4.79 Å². The van der Waals surface area contributed by atoms with Crippen LogP contribution in [-0.4, -0.2) is 21.3 Å². The molecule has 23 heavy (non-hydrogen) atoms. The van der Waals surface area contributed by atoms with Crippen LogP contribution in [0.15, 0.2) is 36.0 Å². The van der Waals surface area contributed by atoms with E-state index >= 15 is 0 Å². The lowest BCUT2D eigenvalue weighted by molar-refractivity contribution is 0.0999. The van der Waals surface area contributed by atoms with Crippen molar-refractivity contribution in [3.8, 4) is 0 Å². The molecule has 5 nitrogen and oxygen atoms in total. The summed E-state index contributed by atoms with van der Waals surface area (Å²) in [6.07, 6.45) is 4.08. The van der Waals surface area contributed by atoms with Crippen molar-refractivity contribution in [1.29, 1.82) is 0 Å². The van der Waals surface area contributed by atoms with E-state index < -0.39 is 0 Å². The maximum Gasteiger partial charge on any atom is 0.248 e. The van der Waals surface area contributed by atoms with Crippen LogP contribution in [0.5, 0.6) is 0 Å². The van der Waals surface area contributed by atoms with E-state index in [1.54, 1.807) is 17.4 Å². The van der Waals surface area contributed by atoms with Crippen molar-refractivity contribution in [3.63, 3.8) is 0 Å². The number of amides is 1. The van der Waals surface area contributed by atoms with Crippen LogP contribution in [-0.2, 0) is 6.54 Å². The van der Waals surface area contributed by atoms with Gasteiger partial charge in [0.1, 0.15) is 0 Å². The molecule has 0 atom stereocenters. The molecule has 0 saturated carbocycles. The zero-order valence-electron chi connectivity index (χ0n) is 13.5. The summed E-state index contributed by atoms with van der Waals surface area (Å²) < 4.78 is 2.04. The number of aromatic nitrogens is 2. The van der Waals surface area contributed by atoms with E-state index in [1.807, 2.05) is 35.0 Å². The van der Waals surface area contributed by atoms with Gasteiger partial charge in [-0.1, -0.05) is 0 Å². The summed E-state index contributed by atoms with van der Waals surface area (Å²) in [5.74, 6) is -0.389. The predicted octanol–water partition coefficient (Wildman–Crippen LogP) is 3.22. The van der Waals surface area contributed by atoms with Crippen molar-refractivity contribution >= 4 is 27.9 Å². The smallest absolute Gasteiger partial charge is 0.248 e. The quantitative estimate of drug-likeness (QED) is 0.782. The molecule has 2 aromatic heterocycles. The van der Waals surface area contributed by atoms with Gasteiger partial charge in [0.25, 0.3) is 0 Å². The standard InChI is InChI=1S/C17H20N4OS/c1-11(2)21(10-13-9-20-6-7-23-17(20)19-13)14-4-5-15(16(18)22)12(3)8-14/h4-9,11H,10H2,1-3H3,(H2,18,22). The van der Waals surface area contributed by atoms with Crippen LogP contribution in [0.4, 0.5) is 5.69 Å². The van der Waals surface area contributed by atoms with Gasteiger partial charge >= 0.3 is 0 Å². The molecule has 0 radical (unpaired) electrons. The highest BCUT2D eigenvalue weighted by atomic mass is 32.1. The first-order valence-electron chi connectivity index (χ1n) is 7.54. The molecule has 0 aliphatic heterocycles. The molecule has 3 rings (SSSR count). The van der Waals surface area contributed by atoms with Gasteiger partial charge in [0.05, 0.1) is 12.2 Å². The van der Waals surface area contributed by atoms with Crippen LogP contribution in [0, 0.1) is 6.92 Å². The van der Waals surface area contributed by atoms with E-state index in [2.05, 4.69) is 29.9 Å². The number of benzene rings is 1. The van der Waals surface area contributed by atoms with Crippen LogP contribution in [0.3, 0.4) is 0 Å². The number of fused-ring (bicyclic) bond motifs is 1. The highest BCUT2D eigenvalue weighted by Gasteiger charge is 2.15. The summed E-state index contributed by atoms with van der Waals surface area (Å²) in [4.78, 5) is 19.3. The Kier molecular flexibility index (Phi) is 4.09. The topological polar surface area (TPSA) is 63.6 Å². The molecule has 1 amide bonds. The first-order chi connectivity index (χ1) is 11.0. The second kappa shape index (κ2) is 6.04. The van der Waals surface area contributed by atoms with Gasteiger partial charge in [-0.05, 0) is 44.5 Å². The van der Waals surface area contributed by atoms with E-state index in [4.69, 9.17) is 5.73 Å². The Balaban J connectivity index is 1.90. The maximum atomic E-state index is 11.4. The monoisotopic (exact) mass is 328 g/mol. The molecule has 0 aliphatic rings. The highest BCUT2D eigenvalue weighted by Crippen LogP contribution is 2.23. The largest absolute Gasteiger partial charge is 0.366 e.